The average molecular weight is 143 g/mol. The van der Waals surface area contributed by atoms with Gasteiger partial charge in [0.05, 0.1) is 0 Å². The normalized spacial score (nSPS) is 24.3. The largest absolute Gasteiger partial charge is 0.396 e. The fourth-order valence-corrected chi connectivity index (χ4v) is 1.54. The van der Waals surface area contributed by atoms with Crippen LogP contribution in [0.2, 0.25) is 0 Å². The van der Waals surface area contributed by atoms with Crippen LogP contribution in [-0.4, -0.2) is 17.3 Å². The monoisotopic (exact) mass is 143 g/mol. The molecule has 0 bridgehead atoms. The summed E-state index contributed by atoms with van der Waals surface area (Å²) < 4.78 is 0. The molecule has 1 fully saturated rings. The standard InChI is InChI=1S/C8H17NO/c1-2-8(9,5-6-10)7-3-4-7/h7,10H,2-6,9H2,1H3. The maximum atomic E-state index is 8.73. The molecule has 0 saturated heterocycles. The molecular formula is C8H17NO. The molecule has 3 N–H and O–H groups in total. The minimum atomic E-state index is -0.0469. The molecular weight excluding hydrogens is 126 g/mol. The van der Waals surface area contributed by atoms with Gasteiger partial charge in [0, 0.05) is 12.1 Å². The van der Waals surface area contributed by atoms with Gasteiger partial charge in [-0.2, -0.15) is 0 Å². The minimum absolute atomic E-state index is 0.0469. The zero-order chi connectivity index (χ0) is 7.61. The predicted octanol–water partition coefficient (Wildman–Crippen LogP) is 0.886. The lowest BCUT2D eigenvalue weighted by Crippen LogP contribution is -2.42. The van der Waals surface area contributed by atoms with E-state index in [4.69, 9.17) is 10.8 Å². The van der Waals surface area contributed by atoms with E-state index in [1.165, 1.54) is 12.8 Å². The number of hydrogen-bond donors (Lipinski definition) is 2. The zero-order valence-electron chi connectivity index (χ0n) is 6.64. The highest BCUT2D eigenvalue weighted by atomic mass is 16.3. The number of aliphatic hydroxyl groups excluding tert-OH is 1. The summed E-state index contributed by atoms with van der Waals surface area (Å²) >= 11 is 0. The van der Waals surface area contributed by atoms with Crippen LogP contribution in [0.1, 0.15) is 32.6 Å². The van der Waals surface area contributed by atoms with Gasteiger partial charge in [-0.1, -0.05) is 6.92 Å². The summed E-state index contributed by atoms with van der Waals surface area (Å²) in [4.78, 5) is 0. The molecule has 2 nitrogen and oxygen atoms in total. The third-order valence-electron chi connectivity index (χ3n) is 2.63. The van der Waals surface area contributed by atoms with Crippen molar-refractivity contribution in [1.82, 2.24) is 0 Å². The molecule has 1 aliphatic rings. The smallest absolute Gasteiger partial charge is 0.0448 e. The molecule has 1 saturated carbocycles. The van der Waals surface area contributed by atoms with Crippen LogP contribution in [0.5, 0.6) is 0 Å². The molecule has 10 heavy (non-hydrogen) atoms. The van der Waals surface area contributed by atoms with E-state index >= 15 is 0 Å². The van der Waals surface area contributed by atoms with E-state index in [1.807, 2.05) is 0 Å². The van der Waals surface area contributed by atoms with Gasteiger partial charge in [0.15, 0.2) is 0 Å². The molecule has 0 aromatic carbocycles. The lowest BCUT2D eigenvalue weighted by molar-refractivity contribution is 0.218. The Morgan fingerprint density at radius 3 is 2.50 bits per heavy atom. The van der Waals surface area contributed by atoms with Crippen LogP contribution in [0.3, 0.4) is 0 Å². The van der Waals surface area contributed by atoms with Gasteiger partial charge in [0.2, 0.25) is 0 Å². The Balaban J connectivity index is 2.39. The van der Waals surface area contributed by atoms with Crippen molar-refractivity contribution in [2.75, 3.05) is 6.61 Å². The van der Waals surface area contributed by atoms with Gasteiger partial charge in [0.1, 0.15) is 0 Å². The first-order valence-electron chi connectivity index (χ1n) is 4.12. The molecule has 60 valence electrons. The maximum absolute atomic E-state index is 8.73. The highest BCUT2D eigenvalue weighted by Gasteiger charge is 2.39. The summed E-state index contributed by atoms with van der Waals surface area (Å²) in [6.45, 7) is 2.34. The summed E-state index contributed by atoms with van der Waals surface area (Å²) in [7, 11) is 0. The quantitative estimate of drug-likeness (QED) is 0.614. The van der Waals surface area contributed by atoms with Gasteiger partial charge in [-0.25, -0.2) is 0 Å². The summed E-state index contributed by atoms with van der Waals surface area (Å²) in [5.74, 6) is 0.699. The van der Waals surface area contributed by atoms with Crippen LogP contribution < -0.4 is 5.73 Å². The third kappa shape index (κ3) is 1.50. The van der Waals surface area contributed by atoms with Crippen molar-refractivity contribution >= 4 is 0 Å². The second-order valence-electron chi connectivity index (χ2n) is 3.33. The van der Waals surface area contributed by atoms with Crippen molar-refractivity contribution in [3.05, 3.63) is 0 Å². The summed E-state index contributed by atoms with van der Waals surface area (Å²) in [5.41, 5.74) is 6.01. The minimum Gasteiger partial charge on any atom is -0.396 e. The lowest BCUT2D eigenvalue weighted by Gasteiger charge is -2.26. The van der Waals surface area contributed by atoms with Crippen LogP contribution in [0.15, 0.2) is 0 Å². The molecule has 0 heterocycles. The van der Waals surface area contributed by atoms with E-state index in [9.17, 15) is 0 Å². The average Bonchev–Trinajstić information content (AvgIpc) is 2.69. The van der Waals surface area contributed by atoms with Gasteiger partial charge >= 0.3 is 0 Å². The summed E-state index contributed by atoms with van der Waals surface area (Å²) in [5, 5.41) is 8.73. The van der Waals surface area contributed by atoms with E-state index in [0.717, 1.165) is 12.8 Å². The third-order valence-corrected chi connectivity index (χ3v) is 2.63. The van der Waals surface area contributed by atoms with E-state index in [-0.39, 0.29) is 12.1 Å². The zero-order valence-corrected chi connectivity index (χ0v) is 6.64. The van der Waals surface area contributed by atoms with E-state index in [0.29, 0.717) is 5.92 Å². The molecule has 0 aromatic heterocycles. The molecule has 1 unspecified atom stereocenters. The van der Waals surface area contributed by atoms with Gasteiger partial charge in [-0.3, -0.25) is 0 Å². The van der Waals surface area contributed by atoms with Crippen LogP contribution in [0, 0.1) is 5.92 Å². The highest BCUT2D eigenvalue weighted by molar-refractivity contribution is 4.97. The van der Waals surface area contributed by atoms with Crippen LogP contribution >= 0.6 is 0 Å². The summed E-state index contributed by atoms with van der Waals surface area (Å²) in [6.07, 6.45) is 4.31. The first-order valence-corrected chi connectivity index (χ1v) is 4.12. The number of rotatable bonds is 4. The van der Waals surface area contributed by atoms with Gasteiger partial charge in [0.25, 0.3) is 0 Å². The Morgan fingerprint density at radius 1 is 1.60 bits per heavy atom. The van der Waals surface area contributed by atoms with Gasteiger partial charge in [-0.05, 0) is 31.6 Å². The second kappa shape index (κ2) is 2.89. The molecule has 0 aliphatic heterocycles. The van der Waals surface area contributed by atoms with Crippen LogP contribution in [0.25, 0.3) is 0 Å². The molecule has 1 rings (SSSR count). The SMILES string of the molecule is CCC(N)(CCO)C1CC1. The first kappa shape index (κ1) is 8.02. The Hall–Kier alpha value is -0.0800. The Labute approximate surface area is 62.4 Å². The van der Waals surface area contributed by atoms with Crippen LogP contribution in [-0.2, 0) is 0 Å². The highest BCUT2D eigenvalue weighted by Crippen LogP contribution is 2.41. The Kier molecular flexibility index (Phi) is 2.32. The molecule has 0 amide bonds. The van der Waals surface area contributed by atoms with Gasteiger partial charge in [-0.15, -0.1) is 0 Å². The van der Waals surface area contributed by atoms with Crippen molar-refractivity contribution in [3.63, 3.8) is 0 Å². The molecule has 2 heteroatoms. The van der Waals surface area contributed by atoms with Crippen LogP contribution in [0.4, 0.5) is 0 Å². The molecule has 0 spiro atoms. The molecule has 0 aromatic rings. The maximum Gasteiger partial charge on any atom is 0.0448 e. The van der Waals surface area contributed by atoms with E-state index in [2.05, 4.69) is 6.92 Å². The second-order valence-corrected chi connectivity index (χ2v) is 3.33. The molecule has 1 aliphatic carbocycles. The van der Waals surface area contributed by atoms with Crippen molar-refractivity contribution < 1.29 is 5.11 Å². The van der Waals surface area contributed by atoms with Crippen molar-refractivity contribution in [2.24, 2.45) is 11.7 Å². The first-order chi connectivity index (χ1) is 4.73. The fraction of sp³-hybridized carbons (Fsp3) is 1.00. The van der Waals surface area contributed by atoms with Crippen molar-refractivity contribution in [3.8, 4) is 0 Å². The van der Waals surface area contributed by atoms with E-state index < -0.39 is 0 Å². The predicted molar refractivity (Wildman–Crippen MR) is 41.6 cm³/mol. The van der Waals surface area contributed by atoms with E-state index in [1.54, 1.807) is 0 Å². The number of nitrogens with two attached hydrogens (primary N) is 1. The topological polar surface area (TPSA) is 46.2 Å². The molecule has 0 radical (unpaired) electrons. The number of aliphatic hydroxyl groups is 1. The summed E-state index contributed by atoms with van der Waals surface area (Å²) in [6, 6.07) is 0. The fourth-order valence-electron chi connectivity index (χ4n) is 1.54. The van der Waals surface area contributed by atoms with Gasteiger partial charge < -0.3 is 10.8 Å². The molecule has 1 atom stereocenters. The van der Waals surface area contributed by atoms with Crippen molar-refractivity contribution in [1.29, 1.82) is 0 Å². The van der Waals surface area contributed by atoms with Crippen molar-refractivity contribution in [2.45, 2.75) is 38.1 Å². The lowest BCUT2D eigenvalue weighted by atomic mass is 9.88. The Morgan fingerprint density at radius 2 is 2.20 bits per heavy atom. The Bertz CT molecular complexity index is 112. The number of hydrogen-bond acceptors (Lipinski definition) is 2.